The number of hydrogen-bond donors (Lipinski definition) is 0. The zero-order valence-corrected chi connectivity index (χ0v) is 30.3. The first-order valence-electron chi connectivity index (χ1n) is 19.9. The van der Waals surface area contributed by atoms with Crippen LogP contribution in [0.25, 0.3) is 0 Å². The summed E-state index contributed by atoms with van der Waals surface area (Å²) in [6.45, 7) is 14.8. The lowest BCUT2D eigenvalue weighted by molar-refractivity contribution is 0.107. The van der Waals surface area contributed by atoms with Gasteiger partial charge in [0.25, 0.3) is 0 Å². The molecule has 0 atom stereocenters. The van der Waals surface area contributed by atoms with Crippen molar-refractivity contribution < 1.29 is 0 Å². The first-order chi connectivity index (χ1) is 19.9. The molecule has 0 radical (unpaired) electrons. The van der Waals surface area contributed by atoms with Gasteiger partial charge < -0.3 is 0 Å². The van der Waals surface area contributed by atoms with Gasteiger partial charge in [-0.15, -0.1) is 0 Å². The molecule has 0 amide bonds. The molecule has 0 heterocycles. The summed E-state index contributed by atoms with van der Waals surface area (Å²) in [5.74, 6) is 0. The lowest BCUT2D eigenvalue weighted by Crippen LogP contribution is -2.28. The summed E-state index contributed by atoms with van der Waals surface area (Å²) in [6.07, 6.45) is 48.1. The average Bonchev–Trinajstić information content (AvgIpc) is 2.95. The van der Waals surface area contributed by atoms with Crippen LogP contribution in [0.15, 0.2) is 0 Å². The summed E-state index contributed by atoms with van der Waals surface area (Å²) in [5, 5.41) is 0. The van der Waals surface area contributed by atoms with Crippen molar-refractivity contribution in [3.05, 3.63) is 0 Å². The van der Waals surface area contributed by atoms with Crippen molar-refractivity contribution in [2.75, 3.05) is 0 Å². The number of rotatable bonds is 34. The third kappa shape index (κ3) is 27.3. The number of hydrogen-bond acceptors (Lipinski definition) is 0. The minimum atomic E-state index is 0.559. The zero-order valence-electron chi connectivity index (χ0n) is 30.3. The molecule has 0 fully saturated rings. The Balaban J connectivity index is 5.05. The van der Waals surface area contributed by atoms with Gasteiger partial charge in [-0.3, -0.25) is 0 Å². The monoisotopic (exact) mass is 577 g/mol. The van der Waals surface area contributed by atoms with E-state index >= 15 is 0 Å². The van der Waals surface area contributed by atoms with Gasteiger partial charge in [0.1, 0.15) is 0 Å². The summed E-state index contributed by atoms with van der Waals surface area (Å²) in [6, 6.07) is 0. The van der Waals surface area contributed by atoms with E-state index in [0.717, 1.165) is 0 Å². The lowest BCUT2D eigenvalue weighted by Gasteiger charge is -2.41. The van der Waals surface area contributed by atoms with E-state index in [4.69, 9.17) is 0 Å². The fraction of sp³-hybridized carbons (Fsp3) is 1.00. The normalized spacial score (nSPS) is 12.4. The maximum atomic E-state index is 2.73. The average molecular weight is 577 g/mol. The van der Waals surface area contributed by atoms with Crippen molar-refractivity contribution in [2.24, 2.45) is 10.8 Å². The quantitative estimate of drug-likeness (QED) is 0.0668. The molecule has 0 aliphatic rings. The molecule has 0 aromatic carbocycles. The van der Waals surface area contributed by atoms with Crippen LogP contribution in [0.4, 0.5) is 0 Å². The highest BCUT2D eigenvalue weighted by molar-refractivity contribution is 4.86. The van der Waals surface area contributed by atoms with Gasteiger partial charge in [-0.05, 0) is 42.9 Å². The van der Waals surface area contributed by atoms with Crippen molar-refractivity contribution >= 4 is 0 Å². The second kappa shape index (κ2) is 30.0. The molecule has 0 rings (SSSR count). The molecule has 0 unspecified atom stereocenters. The summed E-state index contributed by atoms with van der Waals surface area (Å²) in [4.78, 5) is 0. The largest absolute Gasteiger partial charge is 0.0654 e. The predicted molar refractivity (Wildman–Crippen MR) is 191 cm³/mol. The highest BCUT2D eigenvalue weighted by Crippen LogP contribution is 2.47. The third-order valence-electron chi connectivity index (χ3n) is 10.4. The van der Waals surface area contributed by atoms with E-state index in [9.17, 15) is 0 Å². The van der Waals surface area contributed by atoms with Gasteiger partial charge in [-0.1, -0.05) is 221 Å². The van der Waals surface area contributed by atoms with Gasteiger partial charge in [0.2, 0.25) is 0 Å². The Labute approximate surface area is 263 Å². The molecular weight excluding hydrogens is 492 g/mol. The Hall–Kier alpha value is 0. The molecule has 0 aliphatic heterocycles. The third-order valence-corrected chi connectivity index (χ3v) is 10.4. The van der Waals surface area contributed by atoms with Gasteiger partial charge in [0, 0.05) is 0 Å². The van der Waals surface area contributed by atoms with Crippen LogP contribution >= 0.6 is 0 Å². The van der Waals surface area contributed by atoms with Gasteiger partial charge in [-0.25, -0.2) is 0 Å². The zero-order chi connectivity index (χ0) is 30.3. The standard InChI is InChI=1S/C41H84/c1-7-11-15-19-23-27-31-35-40(5,36-32-28-24-20-16-12-8-2)39-41(6,37-33-29-25-21-17-13-9-3)38-34-30-26-22-18-14-10-4/h7-39H2,1-6H3. The van der Waals surface area contributed by atoms with Crippen LogP contribution in [-0.2, 0) is 0 Å². The Bertz CT molecular complexity index is 410. The van der Waals surface area contributed by atoms with E-state index in [2.05, 4.69) is 41.5 Å². The van der Waals surface area contributed by atoms with Gasteiger partial charge in [-0.2, -0.15) is 0 Å². The second-order valence-corrected chi connectivity index (χ2v) is 15.3. The molecule has 0 bridgehead atoms. The van der Waals surface area contributed by atoms with Crippen LogP contribution in [-0.4, -0.2) is 0 Å². The fourth-order valence-electron chi connectivity index (χ4n) is 7.67. The smallest absolute Gasteiger partial charge is 0.0321 e. The molecule has 0 saturated heterocycles. The van der Waals surface area contributed by atoms with E-state index in [1.807, 2.05) is 0 Å². The summed E-state index contributed by atoms with van der Waals surface area (Å²) < 4.78 is 0. The minimum absolute atomic E-state index is 0.559. The Morgan fingerprint density at radius 1 is 0.244 bits per heavy atom. The van der Waals surface area contributed by atoms with Gasteiger partial charge in [0.15, 0.2) is 0 Å². The summed E-state index contributed by atoms with van der Waals surface area (Å²) in [7, 11) is 0. The molecular formula is C41H84. The van der Waals surface area contributed by atoms with Crippen LogP contribution in [0, 0.1) is 10.8 Å². The molecule has 0 aliphatic carbocycles. The van der Waals surface area contributed by atoms with Crippen LogP contribution in [0.2, 0.25) is 0 Å². The first-order valence-corrected chi connectivity index (χ1v) is 19.9. The van der Waals surface area contributed by atoms with Gasteiger partial charge in [0.05, 0.1) is 0 Å². The maximum absolute atomic E-state index is 2.73. The Kier molecular flexibility index (Phi) is 30.0. The summed E-state index contributed by atoms with van der Waals surface area (Å²) >= 11 is 0. The second-order valence-electron chi connectivity index (χ2n) is 15.3. The lowest BCUT2D eigenvalue weighted by atomic mass is 9.65. The molecule has 0 spiro atoms. The Morgan fingerprint density at radius 3 is 0.610 bits per heavy atom. The maximum Gasteiger partial charge on any atom is -0.0321 e. The highest BCUT2D eigenvalue weighted by atomic mass is 14.4. The molecule has 0 nitrogen and oxygen atoms in total. The molecule has 0 aromatic rings. The molecule has 248 valence electrons. The van der Waals surface area contributed by atoms with Crippen molar-refractivity contribution in [3.8, 4) is 0 Å². The topological polar surface area (TPSA) is 0 Å². The van der Waals surface area contributed by atoms with Crippen LogP contribution in [0.3, 0.4) is 0 Å². The van der Waals surface area contributed by atoms with Crippen LogP contribution in [0.5, 0.6) is 0 Å². The number of unbranched alkanes of at least 4 members (excludes halogenated alkanes) is 24. The van der Waals surface area contributed by atoms with E-state index in [1.165, 1.54) is 212 Å². The van der Waals surface area contributed by atoms with E-state index in [1.54, 1.807) is 0 Å². The molecule has 0 aromatic heterocycles. The summed E-state index contributed by atoms with van der Waals surface area (Å²) in [5.41, 5.74) is 1.12. The highest BCUT2D eigenvalue weighted by Gasteiger charge is 2.34. The molecule has 0 heteroatoms. The van der Waals surface area contributed by atoms with E-state index in [0.29, 0.717) is 10.8 Å². The minimum Gasteiger partial charge on any atom is -0.0654 e. The van der Waals surface area contributed by atoms with Crippen molar-refractivity contribution in [3.63, 3.8) is 0 Å². The molecule has 41 heavy (non-hydrogen) atoms. The van der Waals surface area contributed by atoms with Crippen molar-refractivity contribution in [1.82, 2.24) is 0 Å². The fourth-order valence-corrected chi connectivity index (χ4v) is 7.67. The van der Waals surface area contributed by atoms with Crippen LogP contribution < -0.4 is 0 Å². The molecule has 0 N–H and O–H groups in total. The van der Waals surface area contributed by atoms with Crippen LogP contribution in [0.1, 0.15) is 253 Å². The molecule has 0 saturated carbocycles. The SMILES string of the molecule is CCCCCCCCCC(C)(CCCCCCCCC)CC(C)(CCCCCCCCC)CCCCCCCCC. The van der Waals surface area contributed by atoms with E-state index in [-0.39, 0.29) is 0 Å². The van der Waals surface area contributed by atoms with Crippen molar-refractivity contribution in [2.45, 2.75) is 253 Å². The van der Waals surface area contributed by atoms with Gasteiger partial charge >= 0.3 is 0 Å². The Morgan fingerprint density at radius 2 is 0.415 bits per heavy atom. The predicted octanol–water partition coefficient (Wildman–Crippen LogP) is 16.0. The van der Waals surface area contributed by atoms with Crippen molar-refractivity contribution in [1.29, 1.82) is 0 Å². The van der Waals surface area contributed by atoms with E-state index < -0.39 is 0 Å². The first kappa shape index (κ1) is 41.0.